The summed E-state index contributed by atoms with van der Waals surface area (Å²) in [5.41, 5.74) is 0.858. The summed E-state index contributed by atoms with van der Waals surface area (Å²) in [5.74, 6) is 1.89. The largest absolute Gasteiger partial charge is 0.469 e. The van der Waals surface area contributed by atoms with Gasteiger partial charge in [0.1, 0.15) is 11.8 Å². The van der Waals surface area contributed by atoms with Gasteiger partial charge in [0, 0.05) is 6.54 Å². The molecule has 1 saturated heterocycles. The molecule has 17 heavy (non-hydrogen) atoms. The number of ether oxygens (including phenoxy) is 1. The first kappa shape index (κ1) is 10.5. The Morgan fingerprint density at radius 1 is 1.47 bits per heavy atom. The van der Waals surface area contributed by atoms with Crippen LogP contribution in [0.1, 0.15) is 17.7 Å². The highest BCUT2D eigenvalue weighted by atomic mass is 16.5. The highest BCUT2D eigenvalue weighted by Gasteiger charge is 2.22. The van der Waals surface area contributed by atoms with E-state index >= 15 is 0 Å². The molecule has 0 saturated carbocycles. The topological polar surface area (TPSA) is 73.3 Å². The molecule has 1 fully saturated rings. The Bertz CT molecular complexity index is 500. The molecule has 0 amide bonds. The number of hydrogen-bond acceptors (Lipinski definition) is 6. The number of hydrogen-bond donors (Lipinski definition) is 1. The van der Waals surface area contributed by atoms with E-state index in [4.69, 9.17) is 13.7 Å². The zero-order valence-corrected chi connectivity index (χ0v) is 9.47. The number of rotatable bonds is 2. The Morgan fingerprint density at radius 3 is 3.12 bits per heavy atom. The molecular formula is C11H13N3O3. The van der Waals surface area contributed by atoms with Gasteiger partial charge in [-0.05, 0) is 13.0 Å². The number of aromatic nitrogens is 2. The molecular weight excluding hydrogens is 222 g/mol. The highest BCUT2D eigenvalue weighted by Crippen LogP contribution is 2.23. The van der Waals surface area contributed by atoms with Gasteiger partial charge < -0.3 is 19.0 Å². The van der Waals surface area contributed by atoms with Crippen LogP contribution >= 0.6 is 0 Å². The number of nitrogens with zero attached hydrogens (tertiary/aromatic N) is 2. The lowest BCUT2D eigenvalue weighted by atomic mass is 10.2. The van der Waals surface area contributed by atoms with Crippen molar-refractivity contribution >= 4 is 0 Å². The van der Waals surface area contributed by atoms with E-state index in [-0.39, 0.29) is 6.04 Å². The third kappa shape index (κ3) is 1.96. The van der Waals surface area contributed by atoms with Gasteiger partial charge in [-0.1, -0.05) is 5.16 Å². The third-order valence-electron chi connectivity index (χ3n) is 2.76. The molecule has 3 rings (SSSR count). The van der Waals surface area contributed by atoms with E-state index in [0.717, 1.165) is 24.5 Å². The summed E-state index contributed by atoms with van der Waals surface area (Å²) in [4.78, 5) is 4.36. The molecule has 0 spiro atoms. The van der Waals surface area contributed by atoms with Crippen molar-refractivity contribution in [2.75, 3.05) is 19.8 Å². The Labute approximate surface area is 98.0 Å². The number of furan rings is 1. The molecule has 6 heteroatoms. The number of nitrogens with one attached hydrogen (secondary N) is 1. The van der Waals surface area contributed by atoms with Gasteiger partial charge in [-0.25, -0.2) is 0 Å². The lowest BCUT2D eigenvalue weighted by Crippen LogP contribution is -2.34. The zero-order valence-electron chi connectivity index (χ0n) is 9.47. The first-order valence-corrected chi connectivity index (χ1v) is 5.54. The van der Waals surface area contributed by atoms with Gasteiger partial charge in [0.05, 0.1) is 25.0 Å². The summed E-state index contributed by atoms with van der Waals surface area (Å²) in [6.07, 6.45) is 1.61. The van der Waals surface area contributed by atoms with E-state index in [1.54, 1.807) is 6.26 Å². The molecule has 2 aromatic heterocycles. The van der Waals surface area contributed by atoms with Gasteiger partial charge in [0.25, 0.3) is 0 Å². The molecule has 0 aromatic carbocycles. The van der Waals surface area contributed by atoms with Gasteiger partial charge in [-0.3, -0.25) is 0 Å². The van der Waals surface area contributed by atoms with E-state index in [1.807, 2.05) is 13.0 Å². The minimum absolute atomic E-state index is 0.0165. The van der Waals surface area contributed by atoms with Crippen molar-refractivity contribution in [1.82, 2.24) is 15.5 Å². The minimum atomic E-state index is -0.0165. The molecule has 1 unspecified atom stereocenters. The average Bonchev–Trinajstić information content (AvgIpc) is 2.98. The van der Waals surface area contributed by atoms with Crippen LogP contribution in [0.3, 0.4) is 0 Å². The quantitative estimate of drug-likeness (QED) is 0.845. The predicted octanol–water partition coefficient (Wildman–Crippen LogP) is 1.30. The van der Waals surface area contributed by atoms with Crippen LogP contribution in [-0.2, 0) is 4.74 Å². The maximum absolute atomic E-state index is 5.35. The van der Waals surface area contributed by atoms with E-state index in [9.17, 15) is 0 Å². The Morgan fingerprint density at radius 2 is 2.41 bits per heavy atom. The Kier molecular flexibility index (Phi) is 2.66. The average molecular weight is 235 g/mol. The highest BCUT2D eigenvalue weighted by molar-refractivity contribution is 5.56. The van der Waals surface area contributed by atoms with Crippen LogP contribution in [0.25, 0.3) is 11.4 Å². The first-order valence-electron chi connectivity index (χ1n) is 5.54. The second kappa shape index (κ2) is 4.31. The van der Waals surface area contributed by atoms with Crippen molar-refractivity contribution < 1.29 is 13.7 Å². The predicted molar refractivity (Wildman–Crippen MR) is 58.3 cm³/mol. The lowest BCUT2D eigenvalue weighted by molar-refractivity contribution is 0.0659. The molecule has 0 aliphatic carbocycles. The smallest absolute Gasteiger partial charge is 0.246 e. The van der Waals surface area contributed by atoms with Crippen LogP contribution in [0.5, 0.6) is 0 Å². The summed E-state index contributed by atoms with van der Waals surface area (Å²) in [5, 5.41) is 7.22. The molecule has 2 aromatic rings. The van der Waals surface area contributed by atoms with E-state index < -0.39 is 0 Å². The van der Waals surface area contributed by atoms with Gasteiger partial charge in [0.2, 0.25) is 11.7 Å². The van der Waals surface area contributed by atoms with Crippen molar-refractivity contribution in [2.24, 2.45) is 0 Å². The molecule has 1 aliphatic heterocycles. The van der Waals surface area contributed by atoms with Crippen LogP contribution in [0.2, 0.25) is 0 Å². The second-order valence-corrected chi connectivity index (χ2v) is 3.93. The first-order chi connectivity index (χ1) is 8.34. The fourth-order valence-corrected chi connectivity index (χ4v) is 1.83. The molecule has 0 radical (unpaired) electrons. The van der Waals surface area contributed by atoms with Crippen molar-refractivity contribution in [2.45, 2.75) is 13.0 Å². The van der Waals surface area contributed by atoms with Crippen LogP contribution in [0, 0.1) is 6.92 Å². The fraction of sp³-hybridized carbons (Fsp3) is 0.455. The normalized spacial score (nSPS) is 20.6. The van der Waals surface area contributed by atoms with Crippen molar-refractivity contribution in [3.05, 3.63) is 24.0 Å². The third-order valence-corrected chi connectivity index (χ3v) is 2.76. The molecule has 6 nitrogen and oxygen atoms in total. The van der Waals surface area contributed by atoms with Crippen LogP contribution in [0.4, 0.5) is 0 Å². The molecule has 1 N–H and O–H groups in total. The van der Waals surface area contributed by atoms with E-state index in [2.05, 4.69) is 15.5 Å². The monoisotopic (exact) mass is 235 g/mol. The SMILES string of the molecule is Cc1occc1-c1noc(C2COCCN2)n1. The van der Waals surface area contributed by atoms with Gasteiger partial charge in [-0.2, -0.15) is 4.98 Å². The van der Waals surface area contributed by atoms with Crippen LogP contribution in [-0.4, -0.2) is 29.9 Å². The van der Waals surface area contributed by atoms with Crippen molar-refractivity contribution in [3.8, 4) is 11.4 Å². The van der Waals surface area contributed by atoms with Crippen molar-refractivity contribution in [1.29, 1.82) is 0 Å². The molecule has 3 heterocycles. The maximum Gasteiger partial charge on any atom is 0.246 e. The Hall–Kier alpha value is -1.66. The fourth-order valence-electron chi connectivity index (χ4n) is 1.83. The summed E-state index contributed by atoms with van der Waals surface area (Å²) in [6.45, 7) is 3.95. The zero-order chi connectivity index (χ0) is 11.7. The van der Waals surface area contributed by atoms with E-state index in [0.29, 0.717) is 18.3 Å². The molecule has 0 bridgehead atoms. The number of morpholine rings is 1. The minimum Gasteiger partial charge on any atom is -0.469 e. The van der Waals surface area contributed by atoms with Gasteiger partial charge in [0.15, 0.2) is 0 Å². The summed E-state index contributed by atoms with van der Waals surface area (Å²) in [7, 11) is 0. The summed E-state index contributed by atoms with van der Waals surface area (Å²) < 4.78 is 15.8. The van der Waals surface area contributed by atoms with Crippen LogP contribution < -0.4 is 5.32 Å². The maximum atomic E-state index is 5.35. The van der Waals surface area contributed by atoms with Crippen LogP contribution in [0.15, 0.2) is 21.3 Å². The summed E-state index contributed by atoms with van der Waals surface area (Å²) in [6, 6.07) is 1.81. The number of aryl methyl sites for hydroxylation is 1. The van der Waals surface area contributed by atoms with Gasteiger partial charge in [-0.15, -0.1) is 0 Å². The standard InChI is InChI=1S/C11H13N3O3/c1-7-8(2-4-16-7)10-13-11(17-14-10)9-6-15-5-3-12-9/h2,4,9,12H,3,5-6H2,1H3. The molecule has 1 atom stereocenters. The summed E-state index contributed by atoms with van der Waals surface area (Å²) >= 11 is 0. The molecule has 1 aliphatic rings. The van der Waals surface area contributed by atoms with E-state index in [1.165, 1.54) is 0 Å². The van der Waals surface area contributed by atoms with Crippen molar-refractivity contribution in [3.63, 3.8) is 0 Å². The second-order valence-electron chi connectivity index (χ2n) is 3.93. The lowest BCUT2D eigenvalue weighted by Gasteiger charge is -2.20. The van der Waals surface area contributed by atoms with Gasteiger partial charge >= 0.3 is 0 Å². The Balaban J connectivity index is 1.85. The molecule has 90 valence electrons.